The van der Waals surface area contributed by atoms with Crippen molar-refractivity contribution in [2.24, 2.45) is 5.41 Å². The second-order valence-electron chi connectivity index (χ2n) is 5.51. The van der Waals surface area contributed by atoms with Crippen molar-refractivity contribution in [3.8, 4) is 0 Å². The normalized spacial score (nSPS) is 11.6. The van der Waals surface area contributed by atoms with Crippen molar-refractivity contribution in [1.29, 1.82) is 0 Å². The van der Waals surface area contributed by atoms with E-state index in [0.29, 0.717) is 24.5 Å². The van der Waals surface area contributed by atoms with E-state index in [0.717, 1.165) is 0 Å². The summed E-state index contributed by atoms with van der Waals surface area (Å²) in [4.78, 5) is 13.8. The average Bonchev–Trinajstić information content (AvgIpc) is 2.56. The highest BCUT2D eigenvalue weighted by Crippen LogP contribution is 2.17. The smallest absolute Gasteiger partial charge is 0.276 e. The van der Waals surface area contributed by atoms with Gasteiger partial charge in [0.2, 0.25) is 0 Å². The van der Waals surface area contributed by atoms with Gasteiger partial charge in [0.15, 0.2) is 5.69 Å². The highest BCUT2D eigenvalue weighted by atomic mass is 16.2. The SMILES string of the molecule is CCn1cc(N)c(C(=O)N(C)CC(C)(C)C)n1. The van der Waals surface area contributed by atoms with Crippen LogP contribution in [-0.2, 0) is 6.54 Å². The zero-order valence-electron chi connectivity index (χ0n) is 11.3. The van der Waals surface area contributed by atoms with E-state index in [4.69, 9.17) is 5.73 Å². The van der Waals surface area contributed by atoms with E-state index in [9.17, 15) is 4.79 Å². The maximum atomic E-state index is 12.1. The number of aromatic nitrogens is 2. The Balaban J connectivity index is 2.85. The second kappa shape index (κ2) is 4.77. The van der Waals surface area contributed by atoms with Gasteiger partial charge < -0.3 is 10.6 Å². The van der Waals surface area contributed by atoms with Crippen LogP contribution in [0.4, 0.5) is 5.69 Å². The summed E-state index contributed by atoms with van der Waals surface area (Å²) in [5.41, 5.74) is 6.64. The molecule has 0 saturated heterocycles. The number of hydrogen-bond acceptors (Lipinski definition) is 3. The minimum Gasteiger partial charge on any atom is -0.396 e. The molecule has 1 heterocycles. The zero-order valence-corrected chi connectivity index (χ0v) is 11.3. The van der Waals surface area contributed by atoms with E-state index < -0.39 is 0 Å². The summed E-state index contributed by atoms with van der Waals surface area (Å²) in [5, 5.41) is 4.18. The molecule has 0 spiro atoms. The van der Waals surface area contributed by atoms with E-state index in [1.54, 1.807) is 22.8 Å². The predicted octanol–water partition coefficient (Wildman–Crippen LogP) is 1.60. The van der Waals surface area contributed by atoms with Crippen LogP contribution in [0, 0.1) is 5.41 Å². The molecule has 2 N–H and O–H groups in total. The minimum absolute atomic E-state index is 0.0620. The summed E-state index contributed by atoms with van der Waals surface area (Å²) in [7, 11) is 1.78. The fraction of sp³-hybridized carbons (Fsp3) is 0.667. The number of amides is 1. The third-order valence-corrected chi connectivity index (χ3v) is 2.37. The van der Waals surface area contributed by atoms with Crippen molar-refractivity contribution in [3.05, 3.63) is 11.9 Å². The highest BCUT2D eigenvalue weighted by Gasteiger charge is 2.22. The summed E-state index contributed by atoms with van der Waals surface area (Å²) >= 11 is 0. The second-order valence-corrected chi connectivity index (χ2v) is 5.51. The number of carbonyl (C=O) groups excluding carboxylic acids is 1. The number of nitrogens with two attached hydrogens (primary N) is 1. The van der Waals surface area contributed by atoms with E-state index >= 15 is 0 Å². The van der Waals surface area contributed by atoms with Crippen molar-refractivity contribution in [2.45, 2.75) is 34.2 Å². The monoisotopic (exact) mass is 238 g/mol. The summed E-state index contributed by atoms with van der Waals surface area (Å²) in [6.07, 6.45) is 1.69. The number of nitrogens with zero attached hydrogens (tertiary/aromatic N) is 3. The lowest BCUT2D eigenvalue weighted by Gasteiger charge is -2.26. The van der Waals surface area contributed by atoms with Gasteiger partial charge in [0.1, 0.15) is 0 Å². The van der Waals surface area contributed by atoms with Gasteiger partial charge in [0.05, 0.1) is 5.69 Å². The Morgan fingerprint density at radius 2 is 2.12 bits per heavy atom. The molecule has 5 nitrogen and oxygen atoms in total. The van der Waals surface area contributed by atoms with Crippen LogP contribution in [0.15, 0.2) is 6.20 Å². The van der Waals surface area contributed by atoms with Crippen molar-refractivity contribution in [1.82, 2.24) is 14.7 Å². The Morgan fingerprint density at radius 1 is 1.53 bits per heavy atom. The number of carbonyl (C=O) groups is 1. The molecule has 0 aliphatic carbocycles. The standard InChI is InChI=1S/C12H22N4O/c1-6-16-7-9(13)10(14-16)11(17)15(5)8-12(2,3)4/h7H,6,8,13H2,1-5H3. The molecular formula is C12H22N4O. The van der Waals surface area contributed by atoms with E-state index in [2.05, 4.69) is 25.9 Å². The molecule has 96 valence electrons. The Labute approximate surface area is 103 Å². The van der Waals surface area contributed by atoms with Crippen LogP contribution >= 0.6 is 0 Å². The molecule has 0 radical (unpaired) electrons. The van der Waals surface area contributed by atoms with Crippen LogP contribution in [0.2, 0.25) is 0 Å². The number of hydrogen-bond donors (Lipinski definition) is 1. The molecule has 1 amide bonds. The van der Waals surface area contributed by atoms with E-state index in [1.165, 1.54) is 0 Å². The summed E-state index contributed by atoms with van der Waals surface area (Å²) in [6, 6.07) is 0. The fourth-order valence-corrected chi connectivity index (χ4v) is 1.73. The largest absolute Gasteiger partial charge is 0.396 e. The summed E-state index contributed by atoms with van der Waals surface area (Å²) < 4.78 is 1.67. The highest BCUT2D eigenvalue weighted by molar-refractivity contribution is 5.96. The first kappa shape index (κ1) is 13.5. The van der Waals surface area contributed by atoms with E-state index in [-0.39, 0.29) is 11.3 Å². The summed E-state index contributed by atoms with van der Waals surface area (Å²) in [6.45, 7) is 9.60. The molecule has 0 bridgehead atoms. The van der Waals surface area contributed by atoms with Crippen molar-refractivity contribution >= 4 is 11.6 Å². The first-order valence-electron chi connectivity index (χ1n) is 5.83. The molecule has 1 aromatic rings. The van der Waals surface area contributed by atoms with Gasteiger partial charge in [-0.2, -0.15) is 5.10 Å². The Bertz CT molecular complexity index is 403. The molecule has 1 rings (SSSR count). The van der Waals surface area contributed by atoms with Crippen LogP contribution in [0.25, 0.3) is 0 Å². The third kappa shape index (κ3) is 3.47. The van der Waals surface area contributed by atoms with Crippen LogP contribution < -0.4 is 5.73 Å². The molecular weight excluding hydrogens is 216 g/mol. The van der Waals surface area contributed by atoms with Crippen molar-refractivity contribution in [2.75, 3.05) is 19.3 Å². The third-order valence-electron chi connectivity index (χ3n) is 2.37. The molecule has 0 aromatic carbocycles. The number of nitrogen functional groups attached to an aromatic ring is 1. The molecule has 17 heavy (non-hydrogen) atoms. The minimum atomic E-state index is -0.121. The van der Waals surface area contributed by atoms with E-state index in [1.807, 2.05) is 6.92 Å². The molecule has 0 aliphatic heterocycles. The van der Waals surface area contributed by atoms with Crippen LogP contribution in [-0.4, -0.2) is 34.2 Å². The molecule has 0 aliphatic rings. The van der Waals surface area contributed by atoms with Crippen LogP contribution in [0.1, 0.15) is 38.2 Å². The molecule has 0 fully saturated rings. The Morgan fingerprint density at radius 3 is 2.53 bits per heavy atom. The van der Waals surface area contributed by atoms with Gasteiger partial charge in [-0.05, 0) is 12.3 Å². The lowest BCUT2D eigenvalue weighted by atomic mass is 9.96. The van der Waals surface area contributed by atoms with Crippen molar-refractivity contribution in [3.63, 3.8) is 0 Å². The molecule has 0 atom stereocenters. The lowest BCUT2D eigenvalue weighted by molar-refractivity contribution is 0.0740. The fourth-order valence-electron chi connectivity index (χ4n) is 1.73. The average molecular weight is 238 g/mol. The van der Waals surface area contributed by atoms with Gasteiger partial charge in [-0.25, -0.2) is 0 Å². The Kier molecular flexibility index (Phi) is 3.80. The Hall–Kier alpha value is -1.52. The number of rotatable bonds is 3. The topological polar surface area (TPSA) is 64.2 Å². The zero-order chi connectivity index (χ0) is 13.2. The first-order valence-corrected chi connectivity index (χ1v) is 5.83. The van der Waals surface area contributed by atoms with Gasteiger partial charge in [-0.15, -0.1) is 0 Å². The maximum Gasteiger partial charge on any atom is 0.276 e. The molecule has 0 saturated carbocycles. The summed E-state index contributed by atoms with van der Waals surface area (Å²) in [5.74, 6) is -0.121. The van der Waals surface area contributed by atoms with Gasteiger partial charge in [0, 0.05) is 26.3 Å². The number of anilines is 1. The molecule has 0 unspecified atom stereocenters. The quantitative estimate of drug-likeness (QED) is 0.870. The van der Waals surface area contributed by atoms with Gasteiger partial charge in [0.25, 0.3) is 5.91 Å². The molecule has 1 aromatic heterocycles. The lowest BCUT2D eigenvalue weighted by Crippen LogP contribution is -2.35. The van der Waals surface area contributed by atoms with Crippen LogP contribution in [0.5, 0.6) is 0 Å². The van der Waals surface area contributed by atoms with Gasteiger partial charge in [-0.3, -0.25) is 9.48 Å². The molecule has 5 heteroatoms. The van der Waals surface area contributed by atoms with Crippen molar-refractivity contribution < 1.29 is 4.79 Å². The van der Waals surface area contributed by atoms with Crippen LogP contribution in [0.3, 0.4) is 0 Å². The predicted molar refractivity (Wildman–Crippen MR) is 68.7 cm³/mol. The maximum absolute atomic E-state index is 12.1. The number of aryl methyl sites for hydroxylation is 1. The first-order chi connectivity index (χ1) is 7.74. The van der Waals surface area contributed by atoms with Gasteiger partial charge in [-0.1, -0.05) is 20.8 Å². The van der Waals surface area contributed by atoms with Gasteiger partial charge >= 0.3 is 0 Å².